The number of urea groups is 1. The van der Waals surface area contributed by atoms with Gasteiger partial charge < -0.3 is 20.9 Å². The summed E-state index contributed by atoms with van der Waals surface area (Å²) in [7, 11) is 1.64. The number of rotatable bonds is 9. The Morgan fingerprint density at radius 1 is 0.738 bits per heavy atom. The van der Waals surface area contributed by atoms with Crippen molar-refractivity contribution in [1.82, 2.24) is 5.32 Å². The molecule has 5 amide bonds. The Kier molecular flexibility index (Phi) is 9.68. The van der Waals surface area contributed by atoms with Crippen LogP contribution < -0.4 is 25.8 Å². The van der Waals surface area contributed by atoms with Crippen LogP contribution in [0.4, 0.5) is 27.5 Å². The van der Waals surface area contributed by atoms with Crippen molar-refractivity contribution in [3.05, 3.63) is 120 Å². The minimum absolute atomic E-state index is 0.223. The van der Waals surface area contributed by atoms with Crippen molar-refractivity contribution in [2.45, 2.75) is 19.9 Å². The van der Waals surface area contributed by atoms with Gasteiger partial charge >= 0.3 is 6.03 Å². The van der Waals surface area contributed by atoms with Gasteiger partial charge in [-0.2, -0.15) is 0 Å². The van der Waals surface area contributed by atoms with Gasteiger partial charge in [0.1, 0.15) is 6.04 Å². The molecule has 3 N–H and O–H groups in total. The molecule has 0 aliphatic rings. The molecule has 214 valence electrons. The maximum Gasteiger partial charge on any atom is 0.319 e. The summed E-state index contributed by atoms with van der Waals surface area (Å²) < 4.78 is 0. The Morgan fingerprint density at radius 3 is 2.05 bits per heavy atom. The second kappa shape index (κ2) is 13.8. The monoisotopic (exact) mass is 563 g/mol. The molecule has 0 heterocycles. The molecule has 4 aromatic rings. The fraction of sp³-hybridized carbons (Fsp3) is 0.152. The molecule has 0 aromatic heterocycles. The van der Waals surface area contributed by atoms with Crippen LogP contribution in [0, 0.1) is 6.92 Å². The lowest BCUT2D eigenvalue weighted by Crippen LogP contribution is -2.50. The molecule has 4 rings (SSSR count). The van der Waals surface area contributed by atoms with E-state index in [0.717, 1.165) is 5.56 Å². The summed E-state index contributed by atoms with van der Waals surface area (Å²) in [6.45, 7) is 3.06. The van der Waals surface area contributed by atoms with Gasteiger partial charge in [-0.25, -0.2) is 4.79 Å². The van der Waals surface area contributed by atoms with Crippen molar-refractivity contribution >= 4 is 46.5 Å². The smallest absolute Gasteiger partial charge is 0.319 e. The van der Waals surface area contributed by atoms with E-state index in [4.69, 9.17) is 0 Å². The number of amides is 5. The van der Waals surface area contributed by atoms with Crippen LogP contribution in [0.1, 0.15) is 22.8 Å². The fourth-order valence-corrected chi connectivity index (χ4v) is 4.40. The van der Waals surface area contributed by atoms with Gasteiger partial charge in [0.15, 0.2) is 0 Å². The van der Waals surface area contributed by atoms with Crippen molar-refractivity contribution in [2.75, 3.05) is 34.0 Å². The predicted molar refractivity (Wildman–Crippen MR) is 166 cm³/mol. The number of hydrogen-bond donors (Lipinski definition) is 3. The van der Waals surface area contributed by atoms with E-state index in [1.807, 2.05) is 43.3 Å². The van der Waals surface area contributed by atoms with E-state index in [1.54, 1.807) is 86.8 Å². The maximum absolute atomic E-state index is 13.7. The van der Waals surface area contributed by atoms with Gasteiger partial charge in [0.25, 0.3) is 5.91 Å². The predicted octanol–water partition coefficient (Wildman–Crippen LogP) is 5.45. The van der Waals surface area contributed by atoms with E-state index in [1.165, 1.54) is 9.80 Å². The molecular formula is C33H33N5O4. The van der Waals surface area contributed by atoms with Crippen LogP contribution in [0.15, 0.2) is 109 Å². The van der Waals surface area contributed by atoms with Crippen molar-refractivity contribution in [3.63, 3.8) is 0 Å². The average molecular weight is 564 g/mol. The number of aryl methyl sites for hydroxylation is 1. The van der Waals surface area contributed by atoms with E-state index < -0.39 is 30.4 Å². The molecule has 0 saturated carbocycles. The SMILES string of the molecule is Cc1cccc(NC(=O)NCC(=O)N(c2ccccc2C(=O)N(C)c2ccccc2)C(C)C(=O)Nc2ccccc2)c1. The molecule has 0 radical (unpaired) electrons. The molecular weight excluding hydrogens is 530 g/mol. The van der Waals surface area contributed by atoms with E-state index in [9.17, 15) is 19.2 Å². The molecule has 1 atom stereocenters. The highest BCUT2D eigenvalue weighted by Crippen LogP contribution is 2.26. The summed E-state index contributed by atoms with van der Waals surface area (Å²) in [5, 5.41) is 8.10. The van der Waals surface area contributed by atoms with Crippen molar-refractivity contribution in [2.24, 2.45) is 0 Å². The van der Waals surface area contributed by atoms with E-state index in [0.29, 0.717) is 17.1 Å². The third-order valence-electron chi connectivity index (χ3n) is 6.59. The minimum Gasteiger partial charge on any atom is -0.329 e. The minimum atomic E-state index is -1.03. The fourth-order valence-electron chi connectivity index (χ4n) is 4.40. The first-order valence-corrected chi connectivity index (χ1v) is 13.5. The zero-order chi connectivity index (χ0) is 30.1. The normalized spacial score (nSPS) is 11.1. The first-order valence-electron chi connectivity index (χ1n) is 13.5. The third-order valence-corrected chi connectivity index (χ3v) is 6.59. The van der Waals surface area contributed by atoms with Gasteiger partial charge in [-0.15, -0.1) is 0 Å². The number of benzene rings is 4. The molecule has 9 heteroatoms. The topological polar surface area (TPSA) is 111 Å². The van der Waals surface area contributed by atoms with E-state index >= 15 is 0 Å². The van der Waals surface area contributed by atoms with Crippen LogP contribution in [-0.4, -0.2) is 43.4 Å². The summed E-state index contributed by atoms with van der Waals surface area (Å²) in [4.78, 5) is 56.2. The summed E-state index contributed by atoms with van der Waals surface area (Å²) in [6, 6.07) is 30.2. The number of anilines is 4. The van der Waals surface area contributed by atoms with Gasteiger partial charge in [-0.1, -0.05) is 60.7 Å². The van der Waals surface area contributed by atoms with Crippen molar-refractivity contribution in [1.29, 1.82) is 0 Å². The van der Waals surface area contributed by atoms with Gasteiger partial charge in [0.2, 0.25) is 11.8 Å². The Hall–Kier alpha value is -5.44. The van der Waals surface area contributed by atoms with Crippen LogP contribution in [0.2, 0.25) is 0 Å². The number of carbonyl (C=O) groups excluding carboxylic acids is 4. The van der Waals surface area contributed by atoms with E-state index in [2.05, 4.69) is 16.0 Å². The van der Waals surface area contributed by atoms with Gasteiger partial charge in [0, 0.05) is 24.1 Å². The lowest BCUT2D eigenvalue weighted by molar-refractivity contribution is -0.122. The van der Waals surface area contributed by atoms with Gasteiger partial charge in [-0.05, 0) is 67.9 Å². The van der Waals surface area contributed by atoms with Crippen molar-refractivity contribution in [3.8, 4) is 0 Å². The zero-order valence-electron chi connectivity index (χ0n) is 23.7. The Bertz CT molecular complexity index is 1560. The first kappa shape index (κ1) is 29.5. The number of nitrogens with zero attached hydrogens (tertiary/aromatic N) is 2. The summed E-state index contributed by atoms with van der Waals surface area (Å²) >= 11 is 0. The zero-order valence-corrected chi connectivity index (χ0v) is 23.7. The molecule has 9 nitrogen and oxygen atoms in total. The Morgan fingerprint density at radius 2 is 1.36 bits per heavy atom. The lowest BCUT2D eigenvalue weighted by Gasteiger charge is -2.31. The molecule has 0 spiro atoms. The molecule has 0 fully saturated rings. The number of para-hydroxylation sites is 3. The van der Waals surface area contributed by atoms with Gasteiger partial charge in [-0.3, -0.25) is 19.3 Å². The highest BCUT2D eigenvalue weighted by atomic mass is 16.2. The van der Waals surface area contributed by atoms with Crippen LogP contribution in [0.3, 0.4) is 0 Å². The second-order valence-electron chi connectivity index (χ2n) is 9.69. The lowest BCUT2D eigenvalue weighted by atomic mass is 10.1. The van der Waals surface area contributed by atoms with Crippen molar-refractivity contribution < 1.29 is 19.2 Å². The molecule has 42 heavy (non-hydrogen) atoms. The van der Waals surface area contributed by atoms with Crippen LogP contribution in [0.5, 0.6) is 0 Å². The number of hydrogen-bond acceptors (Lipinski definition) is 4. The first-order chi connectivity index (χ1) is 20.2. The maximum atomic E-state index is 13.7. The highest BCUT2D eigenvalue weighted by molar-refractivity contribution is 6.14. The molecule has 0 bridgehead atoms. The summed E-state index contributed by atoms with van der Waals surface area (Å²) in [5.41, 5.74) is 3.24. The molecule has 1 unspecified atom stereocenters. The Balaban J connectivity index is 1.62. The van der Waals surface area contributed by atoms with Crippen LogP contribution in [-0.2, 0) is 9.59 Å². The Labute approximate surface area is 245 Å². The van der Waals surface area contributed by atoms with Crippen LogP contribution >= 0.6 is 0 Å². The second-order valence-corrected chi connectivity index (χ2v) is 9.69. The quantitative estimate of drug-likeness (QED) is 0.251. The van der Waals surface area contributed by atoms with Crippen LogP contribution in [0.25, 0.3) is 0 Å². The largest absolute Gasteiger partial charge is 0.329 e. The molecule has 4 aromatic carbocycles. The number of carbonyl (C=O) groups is 4. The molecule has 0 saturated heterocycles. The highest BCUT2D eigenvalue weighted by Gasteiger charge is 2.31. The average Bonchev–Trinajstić information content (AvgIpc) is 3.00. The summed E-state index contributed by atoms with van der Waals surface area (Å²) in [5.74, 6) is -1.40. The third kappa shape index (κ3) is 7.39. The molecule has 0 aliphatic heterocycles. The van der Waals surface area contributed by atoms with Gasteiger partial charge in [0.05, 0.1) is 17.8 Å². The number of nitrogens with one attached hydrogen (secondary N) is 3. The summed E-state index contributed by atoms with van der Waals surface area (Å²) in [6.07, 6.45) is 0. The standard InChI is InChI=1S/C33H33N5O4/c1-23-13-12-16-26(21-23)36-33(42)34-22-30(39)38(24(2)31(40)35-25-14-6-4-7-15-25)29-20-11-10-19-28(29)32(41)37(3)27-17-8-5-9-18-27/h4-21,24H,22H2,1-3H3,(H,35,40)(H2,34,36,42). The molecule has 0 aliphatic carbocycles. The van der Waals surface area contributed by atoms with E-state index in [-0.39, 0.29) is 17.2 Å².